The molecule has 100 heavy (non-hydrogen) atoms. The minimum absolute atomic E-state index is 0. The largest absolute Gasteiger partial charge is 0.325 e. The van der Waals surface area contributed by atoms with Crippen molar-refractivity contribution in [2.45, 2.75) is 123 Å². The minimum Gasteiger partial charge on any atom is -0.325 e. The highest BCUT2D eigenvalue weighted by Gasteiger charge is 2.44. The molecule has 0 aliphatic carbocycles. The van der Waals surface area contributed by atoms with Gasteiger partial charge in [0.2, 0.25) is 17.7 Å². The molecule has 12 rings (SSSR count). The Morgan fingerprint density at radius 3 is 0.920 bits per heavy atom. The van der Waals surface area contributed by atoms with Gasteiger partial charge in [0, 0.05) is 121 Å². The molecule has 2 unspecified atom stereocenters. The van der Waals surface area contributed by atoms with Crippen LogP contribution in [-0.2, 0) is 45.0 Å². The second-order valence-corrected chi connectivity index (χ2v) is 34.1. The van der Waals surface area contributed by atoms with E-state index in [9.17, 15) is 52.8 Å². The van der Waals surface area contributed by atoms with Crippen LogP contribution in [0.4, 0.5) is 30.2 Å². The maximum absolute atomic E-state index is 13.4. The molecule has 9 heterocycles. The molecule has 3 saturated heterocycles. The number of nitrogens with one attached hydrogen (secondary N) is 6. The number of halogens is 6. The molecule has 0 saturated carbocycles. The van der Waals surface area contributed by atoms with Crippen LogP contribution < -0.4 is 30.1 Å². The molecule has 3 aliphatic heterocycles. The number of carbonyl (C=O) groups is 3. The number of nitrogens with zero attached hydrogens (tertiary/aromatic N) is 9. The van der Waals surface area contributed by atoms with E-state index in [-0.39, 0.29) is 76.9 Å². The highest BCUT2D eigenvalue weighted by atomic mass is 35.5. The third-order valence-electron chi connectivity index (χ3n) is 16.3. The Labute approximate surface area is 605 Å². The van der Waals surface area contributed by atoms with E-state index in [1.165, 1.54) is 91.6 Å². The van der Waals surface area contributed by atoms with Gasteiger partial charge in [-0.15, -0.1) is 34.0 Å². The van der Waals surface area contributed by atoms with Crippen molar-refractivity contribution in [3.8, 4) is 31.3 Å². The van der Waals surface area contributed by atoms with Crippen LogP contribution in [0.1, 0.15) is 119 Å². The van der Waals surface area contributed by atoms with Crippen molar-refractivity contribution in [2.75, 3.05) is 37.1 Å². The summed E-state index contributed by atoms with van der Waals surface area (Å²) in [5.41, 5.74) is 3.68. The van der Waals surface area contributed by atoms with Gasteiger partial charge < -0.3 is 16.0 Å². The van der Waals surface area contributed by atoms with E-state index in [1.807, 2.05) is 111 Å². The standard InChI is InChI=1S/3C21H23ClFN5O3S2.CH4/c3*1-12(2)28-11-13(10-24-28)19-6-7-20(32-19)17-9-18(27(3)33(30,31)26-17)21(29)25-14-4-5-16(23)15(22)8-14;/h3*4-8,10-12,17-18,26H,9H2,1-3H3,(H,25,29);1H4/t2*17-,18+;;/m10../s1. The van der Waals surface area contributed by atoms with Crippen molar-refractivity contribution in [3.05, 3.63) is 175 Å². The second kappa shape index (κ2) is 31.8. The Morgan fingerprint density at radius 1 is 0.450 bits per heavy atom. The van der Waals surface area contributed by atoms with Crippen LogP contribution in [0.15, 0.2) is 128 Å². The zero-order chi connectivity index (χ0) is 71.7. The lowest BCUT2D eigenvalue weighted by Crippen LogP contribution is -2.55. The number of aromatic nitrogens is 6. The number of hydrogen-bond donors (Lipinski definition) is 6. The van der Waals surface area contributed by atoms with E-state index < -0.39 is 102 Å². The summed E-state index contributed by atoms with van der Waals surface area (Å²) in [6.45, 7) is 12.2. The molecule has 36 heteroatoms. The fourth-order valence-electron chi connectivity index (χ4n) is 10.6. The lowest BCUT2D eigenvalue weighted by atomic mass is 10.1. The Bertz CT molecular complexity index is 4340. The molecule has 24 nitrogen and oxygen atoms in total. The first-order valence-electron chi connectivity index (χ1n) is 30.6. The van der Waals surface area contributed by atoms with Crippen molar-refractivity contribution in [3.63, 3.8) is 0 Å². The molecule has 9 aromatic rings. The lowest BCUT2D eigenvalue weighted by molar-refractivity contribution is -0.120. The molecule has 536 valence electrons. The van der Waals surface area contributed by atoms with Gasteiger partial charge in [0.15, 0.2) is 0 Å². The van der Waals surface area contributed by atoms with Gasteiger partial charge in [0.1, 0.15) is 35.6 Å². The van der Waals surface area contributed by atoms with E-state index in [2.05, 4.69) is 45.4 Å². The van der Waals surface area contributed by atoms with E-state index in [1.54, 1.807) is 18.6 Å². The van der Waals surface area contributed by atoms with E-state index >= 15 is 0 Å². The second-order valence-electron chi connectivity index (χ2n) is 24.2. The van der Waals surface area contributed by atoms with Crippen LogP contribution >= 0.6 is 68.8 Å². The number of rotatable bonds is 15. The highest BCUT2D eigenvalue weighted by molar-refractivity contribution is 7.87. The fraction of sp³-hybridized carbons (Fsp3) is 0.344. The summed E-state index contributed by atoms with van der Waals surface area (Å²) in [4.78, 5) is 44.1. The summed E-state index contributed by atoms with van der Waals surface area (Å²) in [6.07, 6.45) is 11.8. The molecule has 3 fully saturated rings. The summed E-state index contributed by atoms with van der Waals surface area (Å²) < 4.78 is 133. The van der Waals surface area contributed by atoms with Gasteiger partial charge in [0.25, 0.3) is 30.6 Å². The van der Waals surface area contributed by atoms with Crippen LogP contribution in [0.25, 0.3) is 31.3 Å². The molecule has 6 atom stereocenters. The van der Waals surface area contributed by atoms with Gasteiger partial charge in [0.05, 0.1) is 51.8 Å². The SMILES string of the molecule is C.CC(C)n1cc(-c2ccc(C3CC(C(=O)Nc4ccc(F)c(Cl)c4)N(C)S(=O)(=O)N3)s2)cn1.CC(C)n1cc(-c2ccc([C@@H]3C[C@H](C(=O)Nc4ccc(F)c(Cl)c4)N(C)S(=O)(=O)N3)s2)cn1.CC(C)n1cc(-c2ccc([C@H]3C[C@@H](C(=O)Nc4ccc(F)c(Cl)c4)N(C)S(=O)(=O)N3)s2)cn1. The predicted octanol–water partition coefficient (Wildman–Crippen LogP) is 13.2. The third-order valence-corrected chi connectivity index (χ3v) is 25.7. The lowest BCUT2D eigenvalue weighted by Gasteiger charge is -2.35. The summed E-state index contributed by atoms with van der Waals surface area (Å²) in [5, 5.41) is 20.6. The molecule has 3 amide bonds. The quantitative estimate of drug-likeness (QED) is 0.0559. The summed E-state index contributed by atoms with van der Waals surface area (Å²) >= 11 is 21.7. The molecular weight excluding hydrogens is 1480 g/mol. The summed E-state index contributed by atoms with van der Waals surface area (Å²) in [5.74, 6) is -3.39. The first-order valence-corrected chi connectivity index (χ1v) is 38.5. The molecule has 3 aromatic carbocycles. The summed E-state index contributed by atoms with van der Waals surface area (Å²) in [7, 11) is -7.64. The number of anilines is 3. The van der Waals surface area contributed by atoms with Crippen LogP contribution in [0.3, 0.4) is 0 Å². The van der Waals surface area contributed by atoms with E-state index in [4.69, 9.17) is 34.8 Å². The number of likely N-dealkylation sites (N-methyl/N-ethyl adjacent to an activating group) is 3. The van der Waals surface area contributed by atoms with Gasteiger partial charge in [-0.25, -0.2) is 13.2 Å². The third kappa shape index (κ3) is 17.9. The van der Waals surface area contributed by atoms with Crippen molar-refractivity contribution >= 4 is 134 Å². The van der Waals surface area contributed by atoms with Gasteiger partial charge in [-0.1, -0.05) is 42.2 Å². The number of carbonyl (C=O) groups excluding carboxylic acids is 3. The number of amides is 3. The maximum atomic E-state index is 13.4. The zero-order valence-electron chi connectivity index (χ0n) is 54.4. The van der Waals surface area contributed by atoms with Crippen molar-refractivity contribution < 1.29 is 52.8 Å². The first kappa shape index (κ1) is 77.2. The number of thiophene rings is 3. The topological polar surface area (TPSA) is 289 Å². The zero-order valence-corrected chi connectivity index (χ0v) is 61.5. The number of benzene rings is 3. The Kier molecular flexibility index (Phi) is 24.5. The number of hydrogen-bond acceptors (Lipinski definition) is 15. The van der Waals surface area contributed by atoms with Gasteiger partial charge in [-0.05, 0) is 152 Å². The highest BCUT2D eigenvalue weighted by Crippen LogP contribution is 2.41. The minimum atomic E-state index is -3.90. The van der Waals surface area contributed by atoms with Crippen LogP contribution in [0.5, 0.6) is 0 Å². The summed E-state index contributed by atoms with van der Waals surface area (Å²) in [6, 6.07) is 18.8. The predicted molar refractivity (Wildman–Crippen MR) is 388 cm³/mol. The molecule has 0 spiro atoms. The van der Waals surface area contributed by atoms with Crippen LogP contribution in [0, 0.1) is 17.5 Å². The Morgan fingerprint density at radius 2 is 0.700 bits per heavy atom. The molecule has 3 aliphatic rings. The average Bonchev–Trinajstić information content (AvgIpc) is 1.29. The van der Waals surface area contributed by atoms with E-state index in [0.717, 1.165) is 77.1 Å². The van der Waals surface area contributed by atoms with Crippen molar-refractivity contribution in [1.29, 1.82) is 0 Å². The molecule has 6 N–H and O–H groups in total. The Balaban J connectivity index is 0.000000174. The monoisotopic (exact) mass is 1550 g/mol. The average molecular weight is 1550 g/mol. The molecule has 0 radical (unpaired) electrons. The normalized spacial score (nSPS) is 20.6. The Hall–Kier alpha value is -6.93. The van der Waals surface area contributed by atoms with Gasteiger partial charge in [-0.3, -0.25) is 28.4 Å². The molecule has 0 bridgehead atoms. The molecule has 6 aromatic heterocycles. The van der Waals surface area contributed by atoms with Crippen molar-refractivity contribution in [2.24, 2.45) is 0 Å². The first-order chi connectivity index (χ1) is 46.6. The van der Waals surface area contributed by atoms with Crippen molar-refractivity contribution in [1.82, 2.24) is 56.4 Å². The fourth-order valence-corrected chi connectivity index (χ4v) is 18.3. The van der Waals surface area contributed by atoms with Gasteiger partial charge in [-0.2, -0.15) is 67.6 Å². The maximum Gasteiger partial charge on any atom is 0.280 e. The smallest absolute Gasteiger partial charge is 0.280 e. The van der Waals surface area contributed by atoms with Gasteiger partial charge >= 0.3 is 0 Å². The molecular formula is C64H73Cl3F3N15O9S6. The van der Waals surface area contributed by atoms with Crippen LogP contribution in [-0.4, -0.2) is 125 Å². The van der Waals surface area contributed by atoms with E-state index in [0.29, 0.717) is 0 Å². The van der Waals surface area contributed by atoms with Crippen LogP contribution in [0.2, 0.25) is 15.1 Å².